The number of rotatable bonds is 5. The van der Waals surface area contributed by atoms with Crippen molar-refractivity contribution in [2.45, 2.75) is 20.4 Å². The normalized spacial score (nSPS) is 12.6. The van der Waals surface area contributed by atoms with Crippen LogP contribution in [0, 0.1) is 17.7 Å². The molecule has 1 unspecified atom stereocenters. The zero-order valence-corrected chi connectivity index (χ0v) is 11.2. The van der Waals surface area contributed by atoms with E-state index >= 15 is 0 Å². The molecule has 0 heterocycles. The second-order valence-corrected chi connectivity index (χ2v) is 4.91. The van der Waals surface area contributed by atoms with Crippen molar-refractivity contribution in [2.75, 3.05) is 13.6 Å². The van der Waals surface area contributed by atoms with E-state index in [0.29, 0.717) is 13.1 Å². The minimum absolute atomic E-state index is 0.0387. The Kier molecular flexibility index (Phi) is 5.28. The van der Waals surface area contributed by atoms with Crippen LogP contribution in [-0.4, -0.2) is 24.4 Å². The Bertz CT molecular complexity index is 389. The van der Waals surface area contributed by atoms with E-state index in [2.05, 4.69) is 0 Å². The number of nitrogens with two attached hydrogens (primary N) is 1. The minimum atomic E-state index is -0.269. The summed E-state index contributed by atoms with van der Waals surface area (Å²) in [6.07, 6.45) is 0. The summed E-state index contributed by atoms with van der Waals surface area (Å²) in [6.45, 7) is 4.80. The van der Waals surface area contributed by atoms with Crippen molar-refractivity contribution in [1.82, 2.24) is 4.90 Å². The molecule has 4 heteroatoms. The summed E-state index contributed by atoms with van der Waals surface area (Å²) in [7, 11) is 1.75. The lowest BCUT2D eigenvalue weighted by atomic mass is 9.94. The Balaban J connectivity index is 2.67. The van der Waals surface area contributed by atoms with E-state index in [0.717, 1.165) is 5.56 Å². The molecule has 1 amide bonds. The Morgan fingerprint density at radius 3 is 2.33 bits per heavy atom. The molecule has 0 spiro atoms. The Labute approximate surface area is 108 Å². The second kappa shape index (κ2) is 6.50. The Morgan fingerprint density at radius 1 is 1.33 bits per heavy atom. The van der Waals surface area contributed by atoms with Gasteiger partial charge in [0.15, 0.2) is 0 Å². The maximum Gasteiger partial charge on any atom is 0.227 e. The third kappa shape index (κ3) is 3.81. The summed E-state index contributed by atoms with van der Waals surface area (Å²) in [6, 6.07) is 6.17. The zero-order valence-electron chi connectivity index (χ0n) is 11.2. The smallest absolute Gasteiger partial charge is 0.227 e. The quantitative estimate of drug-likeness (QED) is 0.871. The van der Waals surface area contributed by atoms with Crippen LogP contribution in [0.4, 0.5) is 4.39 Å². The molecule has 0 saturated heterocycles. The molecule has 0 aromatic heterocycles. The van der Waals surface area contributed by atoms with E-state index in [4.69, 9.17) is 5.73 Å². The average Bonchev–Trinajstić information content (AvgIpc) is 2.32. The van der Waals surface area contributed by atoms with Crippen LogP contribution >= 0.6 is 0 Å². The van der Waals surface area contributed by atoms with Crippen LogP contribution in [0.3, 0.4) is 0 Å². The van der Waals surface area contributed by atoms with Gasteiger partial charge in [0.05, 0.1) is 5.92 Å². The molecule has 0 saturated carbocycles. The summed E-state index contributed by atoms with van der Waals surface area (Å²) in [4.78, 5) is 13.8. The zero-order chi connectivity index (χ0) is 13.7. The van der Waals surface area contributed by atoms with Gasteiger partial charge >= 0.3 is 0 Å². The number of halogens is 1. The standard InChI is InChI=1S/C14H21FN2O/c1-10(2)13(8-16)14(18)17(3)9-11-4-6-12(15)7-5-11/h4-7,10,13H,8-9,16H2,1-3H3. The predicted molar refractivity (Wildman–Crippen MR) is 70.3 cm³/mol. The molecule has 0 aliphatic rings. The van der Waals surface area contributed by atoms with Gasteiger partial charge in [-0.2, -0.15) is 0 Å². The highest BCUT2D eigenvalue weighted by atomic mass is 19.1. The number of nitrogens with zero attached hydrogens (tertiary/aromatic N) is 1. The summed E-state index contributed by atoms with van der Waals surface area (Å²) < 4.78 is 12.8. The van der Waals surface area contributed by atoms with E-state index in [9.17, 15) is 9.18 Å². The first kappa shape index (κ1) is 14.6. The van der Waals surface area contributed by atoms with Crippen molar-refractivity contribution in [3.8, 4) is 0 Å². The molecule has 0 fully saturated rings. The van der Waals surface area contributed by atoms with Crippen LogP contribution < -0.4 is 5.73 Å². The molecular weight excluding hydrogens is 231 g/mol. The average molecular weight is 252 g/mol. The SMILES string of the molecule is CC(C)C(CN)C(=O)N(C)Cc1ccc(F)cc1. The number of carbonyl (C=O) groups excluding carboxylic acids is 1. The number of hydrogen-bond acceptors (Lipinski definition) is 2. The van der Waals surface area contributed by atoms with Crippen molar-refractivity contribution in [2.24, 2.45) is 17.6 Å². The van der Waals surface area contributed by atoms with Crippen molar-refractivity contribution in [3.05, 3.63) is 35.6 Å². The highest BCUT2D eigenvalue weighted by Crippen LogP contribution is 2.14. The molecule has 100 valence electrons. The summed E-state index contributed by atoms with van der Waals surface area (Å²) in [5.74, 6) is -0.166. The first-order valence-electron chi connectivity index (χ1n) is 6.15. The molecular formula is C14H21FN2O. The first-order valence-corrected chi connectivity index (χ1v) is 6.15. The molecule has 1 atom stereocenters. The summed E-state index contributed by atoms with van der Waals surface area (Å²) in [5.41, 5.74) is 6.54. The first-order chi connectivity index (χ1) is 8.45. The lowest BCUT2D eigenvalue weighted by molar-refractivity contribution is -0.135. The third-order valence-corrected chi connectivity index (χ3v) is 3.09. The molecule has 0 bridgehead atoms. The molecule has 0 aliphatic heterocycles. The van der Waals surface area contributed by atoms with Gasteiger partial charge in [-0.15, -0.1) is 0 Å². The van der Waals surface area contributed by atoms with E-state index in [-0.39, 0.29) is 23.6 Å². The molecule has 1 aromatic rings. The van der Waals surface area contributed by atoms with E-state index < -0.39 is 0 Å². The molecule has 0 aliphatic carbocycles. The second-order valence-electron chi connectivity index (χ2n) is 4.91. The van der Waals surface area contributed by atoms with Crippen molar-refractivity contribution < 1.29 is 9.18 Å². The van der Waals surface area contributed by atoms with Crippen molar-refractivity contribution >= 4 is 5.91 Å². The maximum atomic E-state index is 12.8. The van der Waals surface area contributed by atoms with Crippen LogP contribution in [0.1, 0.15) is 19.4 Å². The highest BCUT2D eigenvalue weighted by Gasteiger charge is 2.23. The van der Waals surface area contributed by atoms with Gasteiger partial charge in [0, 0.05) is 20.1 Å². The molecule has 18 heavy (non-hydrogen) atoms. The van der Waals surface area contributed by atoms with Gasteiger partial charge in [0.25, 0.3) is 0 Å². The fourth-order valence-corrected chi connectivity index (χ4v) is 1.88. The van der Waals surface area contributed by atoms with Gasteiger partial charge < -0.3 is 10.6 Å². The fraction of sp³-hybridized carbons (Fsp3) is 0.500. The molecule has 1 aromatic carbocycles. The van der Waals surface area contributed by atoms with E-state index in [1.165, 1.54) is 12.1 Å². The number of carbonyl (C=O) groups is 1. The number of amides is 1. The molecule has 3 nitrogen and oxygen atoms in total. The molecule has 0 radical (unpaired) electrons. The number of hydrogen-bond donors (Lipinski definition) is 1. The topological polar surface area (TPSA) is 46.3 Å². The lowest BCUT2D eigenvalue weighted by Gasteiger charge is -2.25. The summed E-state index contributed by atoms with van der Waals surface area (Å²) >= 11 is 0. The van der Waals surface area contributed by atoms with Crippen LogP contribution in [0.25, 0.3) is 0 Å². The fourth-order valence-electron chi connectivity index (χ4n) is 1.88. The van der Waals surface area contributed by atoms with Gasteiger partial charge in [0.1, 0.15) is 5.82 Å². The summed E-state index contributed by atoms with van der Waals surface area (Å²) in [5, 5.41) is 0. The molecule has 1 rings (SSSR count). The van der Waals surface area contributed by atoms with E-state index in [1.807, 2.05) is 13.8 Å². The van der Waals surface area contributed by atoms with Crippen molar-refractivity contribution in [1.29, 1.82) is 0 Å². The number of benzene rings is 1. The third-order valence-electron chi connectivity index (χ3n) is 3.09. The largest absolute Gasteiger partial charge is 0.341 e. The van der Waals surface area contributed by atoms with E-state index in [1.54, 1.807) is 24.1 Å². The van der Waals surface area contributed by atoms with Crippen LogP contribution in [0.15, 0.2) is 24.3 Å². The van der Waals surface area contributed by atoms with Crippen LogP contribution in [0.2, 0.25) is 0 Å². The highest BCUT2D eigenvalue weighted by molar-refractivity contribution is 5.79. The van der Waals surface area contributed by atoms with Crippen LogP contribution in [-0.2, 0) is 11.3 Å². The van der Waals surface area contributed by atoms with Gasteiger partial charge in [-0.1, -0.05) is 26.0 Å². The minimum Gasteiger partial charge on any atom is -0.341 e. The van der Waals surface area contributed by atoms with Gasteiger partial charge in [0.2, 0.25) is 5.91 Å². The van der Waals surface area contributed by atoms with Crippen LogP contribution in [0.5, 0.6) is 0 Å². The maximum absolute atomic E-state index is 12.8. The van der Waals surface area contributed by atoms with Crippen molar-refractivity contribution in [3.63, 3.8) is 0 Å². The lowest BCUT2D eigenvalue weighted by Crippen LogP contribution is -2.38. The van der Waals surface area contributed by atoms with Gasteiger partial charge in [-0.05, 0) is 23.6 Å². The molecule has 2 N–H and O–H groups in total. The Morgan fingerprint density at radius 2 is 1.89 bits per heavy atom. The monoisotopic (exact) mass is 252 g/mol. The Hall–Kier alpha value is -1.42. The van der Waals surface area contributed by atoms with Gasteiger partial charge in [-0.25, -0.2) is 4.39 Å². The predicted octanol–water partition coefficient (Wildman–Crippen LogP) is 2.01. The van der Waals surface area contributed by atoms with Gasteiger partial charge in [-0.3, -0.25) is 4.79 Å².